The standard InChI is InChI=1S/C17H26O4S4/c1-4-16(18)20-5-7-22-9-14-11-25-15(12-24-14)10-23-8-6-21-17(19)13(2)3/h4,14-15H,1-2,5-12H2,3H3. The molecule has 25 heavy (non-hydrogen) atoms. The lowest BCUT2D eigenvalue weighted by molar-refractivity contribution is -0.138. The minimum absolute atomic E-state index is 0.303. The first-order valence-corrected chi connectivity index (χ1v) is 12.4. The number of hydrogen-bond donors (Lipinski definition) is 0. The molecule has 0 bridgehead atoms. The quantitative estimate of drug-likeness (QED) is 0.269. The molecule has 0 aromatic heterocycles. The predicted molar refractivity (Wildman–Crippen MR) is 114 cm³/mol. The Morgan fingerprint density at radius 3 is 2.04 bits per heavy atom. The van der Waals surface area contributed by atoms with Gasteiger partial charge < -0.3 is 9.47 Å². The molecule has 0 aromatic rings. The Bertz CT molecular complexity index is 448. The molecule has 1 saturated heterocycles. The van der Waals surface area contributed by atoms with Crippen molar-refractivity contribution in [1.82, 2.24) is 0 Å². The number of rotatable bonds is 12. The van der Waals surface area contributed by atoms with Crippen LogP contribution in [0.1, 0.15) is 6.92 Å². The summed E-state index contributed by atoms with van der Waals surface area (Å²) in [6.07, 6.45) is 1.20. The number of thioether (sulfide) groups is 4. The number of hydrogen-bond acceptors (Lipinski definition) is 8. The molecule has 1 aliphatic heterocycles. The zero-order chi connectivity index (χ0) is 18.5. The van der Waals surface area contributed by atoms with Crippen molar-refractivity contribution < 1.29 is 19.1 Å². The fourth-order valence-corrected chi connectivity index (χ4v) is 7.37. The van der Waals surface area contributed by atoms with Gasteiger partial charge in [0.1, 0.15) is 13.2 Å². The summed E-state index contributed by atoms with van der Waals surface area (Å²) in [7, 11) is 0. The van der Waals surface area contributed by atoms with Crippen molar-refractivity contribution in [3.05, 3.63) is 24.8 Å². The lowest BCUT2D eigenvalue weighted by Gasteiger charge is -2.27. The highest BCUT2D eigenvalue weighted by Crippen LogP contribution is 2.33. The van der Waals surface area contributed by atoms with E-state index in [0.717, 1.165) is 23.0 Å². The maximum Gasteiger partial charge on any atom is 0.333 e. The number of carbonyl (C=O) groups is 2. The highest BCUT2D eigenvalue weighted by atomic mass is 32.2. The molecule has 1 fully saturated rings. The number of ether oxygens (including phenoxy) is 2. The summed E-state index contributed by atoms with van der Waals surface area (Å²) in [6.45, 7) is 9.50. The Balaban J connectivity index is 1.97. The lowest BCUT2D eigenvalue weighted by Crippen LogP contribution is -2.25. The van der Waals surface area contributed by atoms with E-state index in [1.807, 2.05) is 47.0 Å². The molecule has 0 amide bonds. The molecule has 2 unspecified atom stereocenters. The highest BCUT2D eigenvalue weighted by Gasteiger charge is 2.22. The molecule has 0 aromatic carbocycles. The second-order valence-corrected chi connectivity index (χ2v) is 10.3. The SMILES string of the molecule is C=CC(=O)OCCSCC1CSC(CSCCOC(=O)C(=C)C)CS1. The summed E-state index contributed by atoms with van der Waals surface area (Å²) in [6, 6.07) is 0. The smallest absolute Gasteiger partial charge is 0.333 e. The third kappa shape index (κ3) is 11.2. The average molecular weight is 423 g/mol. The van der Waals surface area contributed by atoms with Crippen molar-refractivity contribution in [2.45, 2.75) is 17.4 Å². The fourth-order valence-electron chi connectivity index (χ4n) is 1.78. The minimum atomic E-state index is -0.349. The first kappa shape index (κ1) is 22.9. The van der Waals surface area contributed by atoms with Crippen LogP contribution >= 0.6 is 47.0 Å². The van der Waals surface area contributed by atoms with Crippen molar-refractivity contribution >= 4 is 59.0 Å². The van der Waals surface area contributed by atoms with E-state index in [9.17, 15) is 9.59 Å². The summed E-state index contributed by atoms with van der Waals surface area (Å²) in [5.74, 6) is 5.55. The summed E-state index contributed by atoms with van der Waals surface area (Å²) in [5.41, 5.74) is 0.451. The van der Waals surface area contributed by atoms with Crippen LogP contribution in [0.3, 0.4) is 0 Å². The normalized spacial score (nSPS) is 19.9. The molecular weight excluding hydrogens is 396 g/mol. The van der Waals surface area contributed by atoms with Crippen LogP contribution in [0.5, 0.6) is 0 Å². The molecule has 0 aliphatic carbocycles. The average Bonchev–Trinajstić information content (AvgIpc) is 2.61. The Labute approximate surface area is 167 Å². The van der Waals surface area contributed by atoms with Crippen LogP contribution in [0.25, 0.3) is 0 Å². The van der Waals surface area contributed by atoms with Gasteiger partial charge in [-0.1, -0.05) is 13.2 Å². The zero-order valence-corrected chi connectivity index (χ0v) is 17.8. The zero-order valence-electron chi connectivity index (χ0n) is 14.6. The third-order valence-corrected chi connectivity index (χ3v) is 8.92. The molecular formula is C17H26O4S4. The molecule has 0 N–H and O–H groups in total. The van der Waals surface area contributed by atoms with Crippen molar-refractivity contribution in [1.29, 1.82) is 0 Å². The van der Waals surface area contributed by atoms with E-state index in [4.69, 9.17) is 9.47 Å². The summed E-state index contributed by atoms with van der Waals surface area (Å²) in [4.78, 5) is 22.2. The van der Waals surface area contributed by atoms with E-state index in [-0.39, 0.29) is 11.9 Å². The predicted octanol–water partition coefficient (Wildman–Crippen LogP) is 3.52. The van der Waals surface area contributed by atoms with E-state index in [1.165, 1.54) is 17.6 Å². The molecule has 1 rings (SSSR count). The van der Waals surface area contributed by atoms with Gasteiger partial charge in [0, 0.05) is 56.7 Å². The Kier molecular flexibility index (Phi) is 12.8. The van der Waals surface area contributed by atoms with Crippen LogP contribution in [0, 0.1) is 0 Å². The molecule has 8 heteroatoms. The van der Waals surface area contributed by atoms with Gasteiger partial charge >= 0.3 is 11.9 Å². The van der Waals surface area contributed by atoms with Crippen LogP contribution in [-0.4, -0.2) is 70.2 Å². The highest BCUT2D eigenvalue weighted by molar-refractivity contribution is 8.09. The van der Waals surface area contributed by atoms with Crippen molar-refractivity contribution in [2.24, 2.45) is 0 Å². The van der Waals surface area contributed by atoms with Gasteiger partial charge in [0.25, 0.3) is 0 Å². The maximum atomic E-state index is 11.3. The molecule has 142 valence electrons. The van der Waals surface area contributed by atoms with E-state index in [1.54, 1.807) is 6.92 Å². The molecule has 2 atom stereocenters. The van der Waals surface area contributed by atoms with E-state index in [2.05, 4.69) is 13.2 Å². The van der Waals surface area contributed by atoms with Gasteiger partial charge in [0.05, 0.1) is 0 Å². The van der Waals surface area contributed by atoms with Gasteiger partial charge in [0.2, 0.25) is 0 Å². The van der Waals surface area contributed by atoms with Crippen LogP contribution in [0.2, 0.25) is 0 Å². The monoisotopic (exact) mass is 422 g/mol. The molecule has 1 heterocycles. The first-order chi connectivity index (χ1) is 12.0. The molecule has 1 aliphatic rings. The van der Waals surface area contributed by atoms with Gasteiger partial charge in [0.15, 0.2) is 0 Å². The molecule has 0 spiro atoms. The second kappa shape index (κ2) is 13.9. The Hall–Kier alpha value is -0.180. The number of carbonyl (C=O) groups excluding carboxylic acids is 2. The Morgan fingerprint density at radius 2 is 1.60 bits per heavy atom. The lowest BCUT2D eigenvalue weighted by atomic mass is 10.4. The number of esters is 2. The summed E-state index contributed by atoms with van der Waals surface area (Å²) in [5, 5.41) is 1.34. The summed E-state index contributed by atoms with van der Waals surface area (Å²) >= 11 is 7.75. The van der Waals surface area contributed by atoms with Crippen molar-refractivity contribution in [3.63, 3.8) is 0 Å². The van der Waals surface area contributed by atoms with Crippen LogP contribution in [0.4, 0.5) is 0 Å². The molecule has 0 radical (unpaired) electrons. The van der Waals surface area contributed by atoms with E-state index < -0.39 is 0 Å². The van der Waals surface area contributed by atoms with Crippen molar-refractivity contribution in [2.75, 3.05) is 47.7 Å². The first-order valence-electron chi connectivity index (χ1n) is 8.03. The van der Waals surface area contributed by atoms with Crippen LogP contribution in [0.15, 0.2) is 24.8 Å². The van der Waals surface area contributed by atoms with E-state index >= 15 is 0 Å². The van der Waals surface area contributed by atoms with Crippen molar-refractivity contribution in [3.8, 4) is 0 Å². The van der Waals surface area contributed by atoms with Gasteiger partial charge in [-0.05, 0) is 6.92 Å². The summed E-state index contributed by atoms with van der Waals surface area (Å²) < 4.78 is 10.0. The minimum Gasteiger partial charge on any atom is -0.462 e. The third-order valence-electron chi connectivity index (χ3n) is 3.09. The van der Waals surface area contributed by atoms with Crippen LogP contribution < -0.4 is 0 Å². The fraction of sp³-hybridized carbons (Fsp3) is 0.647. The Morgan fingerprint density at radius 1 is 1.08 bits per heavy atom. The molecule has 4 nitrogen and oxygen atoms in total. The topological polar surface area (TPSA) is 52.6 Å². The van der Waals surface area contributed by atoms with Gasteiger partial charge in [-0.2, -0.15) is 47.0 Å². The second-order valence-electron chi connectivity index (χ2n) is 5.35. The van der Waals surface area contributed by atoms with Gasteiger partial charge in [-0.15, -0.1) is 0 Å². The molecule has 0 saturated carbocycles. The maximum absolute atomic E-state index is 11.3. The van der Waals surface area contributed by atoms with E-state index in [0.29, 0.717) is 29.3 Å². The largest absolute Gasteiger partial charge is 0.462 e. The van der Waals surface area contributed by atoms with Gasteiger partial charge in [-0.25, -0.2) is 9.59 Å². The van der Waals surface area contributed by atoms with Gasteiger partial charge in [-0.3, -0.25) is 0 Å². The van der Waals surface area contributed by atoms with Crippen LogP contribution in [-0.2, 0) is 19.1 Å².